The Balaban J connectivity index is 2.44. The van der Waals surface area contributed by atoms with Gasteiger partial charge in [0.1, 0.15) is 11.9 Å². The van der Waals surface area contributed by atoms with Crippen LogP contribution in [0, 0.1) is 0 Å². The van der Waals surface area contributed by atoms with E-state index in [-0.39, 0.29) is 34.0 Å². The molecule has 1 unspecified atom stereocenters. The van der Waals surface area contributed by atoms with Crippen molar-refractivity contribution in [1.29, 1.82) is 0 Å². The molecule has 0 amide bonds. The molecule has 0 radical (unpaired) electrons. The Bertz CT molecular complexity index is 912. The van der Waals surface area contributed by atoms with E-state index in [1.807, 2.05) is 0 Å². The Kier molecular flexibility index (Phi) is 8.63. The number of hydrogen-bond donors (Lipinski definition) is 2. The van der Waals surface area contributed by atoms with E-state index >= 15 is 0 Å². The van der Waals surface area contributed by atoms with Crippen LogP contribution in [0.3, 0.4) is 0 Å². The normalized spacial score (nSPS) is 12.9. The highest BCUT2D eigenvalue weighted by Crippen LogP contribution is 2.37. The van der Waals surface area contributed by atoms with Crippen molar-refractivity contribution in [2.24, 2.45) is 4.99 Å². The minimum atomic E-state index is -3.13. The highest BCUT2D eigenvalue weighted by Gasteiger charge is 2.19. The second-order valence-corrected chi connectivity index (χ2v) is 6.84. The van der Waals surface area contributed by atoms with Crippen LogP contribution in [-0.2, 0) is 0 Å². The number of hydrogen-bond acceptors (Lipinski definition) is 7. The Labute approximate surface area is 173 Å². The lowest BCUT2D eigenvalue weighted by Gasteiger charge is -2.18. The molecule has 2 aromatic rings. The number of halogens is 4. The molecule has 162 valence electrons. The summed E-state index contributed by atoms with van der Waals surface area (Å²) in [5, 5.41) is 20.1. The molecule has 0 aliphatic rings. The average Bonchev–Trinajstić information content (AvgIpc) is 2.70. The molecule has 0 saturated heterocycles. The van der Waals surface area contributed by atoms with Crippen molar-refractivity contribution in [3.63, 3.8) is 0 Å². The number of alkyl halides is 4. The van der Waals surface area contributed by atoms with Gasteiger partial charge < -0.3 is 19.7 Å². The van der Waals surface area contributed by atoms with Crippen LogP contribution in [0.2, 0.25) is 0 Å². The maximum absolute atomic E-state index is 12.8. The predicted molar refractivity (Wildman–Crippen MR) is 105 cm³/mol. The van der Waals surface area contributed by atoms with Gasteiger partial charge >= 0.3 is 13.2 Å². The maximum atomic E-state index is 12.8. The van der Waals surface area contributed by atoms with Crippen LogP contribution < -0.4 is 9.47 Å². The molecule has 0 bridgehead atoms. The van der Waals surface area contributed by atoms with Gasteiger partial charge in [0, 0.05) is 29.8 Å². The van der Waals surface area contributed by atoms with Crippen molar-refractivity contribution in [3.8, 4) is 22.8 Å². The number of thioether (sulfide) groups is 1. The molecular weight excluding hydrogens is 428 g/mol. The fraction of sp³-hybridized carbons (Fsp3) is 0.263. The smallest absolute Gasteiger partial charge is 0.388 e. The fourth-order valence-corrected chi connectivity index (χ4v) is 3.12. The molecule has 0 saturated carbocycles. The highest BCUT2D eigenvalue weighted by molar-refractivity contribution is 8.17. The van der Waals surface area contributed by atoms with Gasteiger partial charge in [-0.05, 0) is 29.3 Å². The summed E-state index contributed by atoms with van der Waals surface area (Å²) >= 11 is 0.964. The van der Waals surface area contributed by atoms with E-state index < -0.39 is 25.2 Å². The highest BCUT2D eigenvalue weighted by atomic mass is 32.2. The van der Waals surface area contributed by atoms with Gasteiger partial charge in [-0.25, -0.2) is 4.98 Å². The fourth-order valence-electron chi connectivity index (χ4n) is 2.42. The largest absolute Gasteiger partial charge is 0.434 e. The Morgan fingerprint density at radius 2 is 1.87 bits per heavy atom. The van der Waals surface area contributed by atoms with Crippen molar-refractivity contribution in [2.75, 3.05) is 13.7 Å². The number of rotatable bonds is 9. The molecule has 6 nitrogen and oxygen atoms in total. The van der Waals surface area contributed by atoms with Crippen molar-refractivity contribution in [1.82, 2.24) is 4.98 Å². The van der Waals surface area contributed by atoms with E-state index in [1.165, 1.54) is 37.5 Å². The summed E-state index contributed by atoms with van der Waals surface area (Å²) < 4.78 is 59.3. The molecule has 0 aliphatic heterocycles. The third kappa shape index (κ3) is 6.44. The zero-order chi connectivity index (χ0) is 22.3. The van der Waals surface area contributed by atoms with Crippen LogP contribution in [0.15, 0.2) is 53.0 Å². The molecule has 1 heterocycles. The zero-order valence-electron chi connectivity index (χ0n) is 15.6. The van der Waals surface area contributed by atoms with Gasteiger partial charge in [0.05, 0.1) is 11.7 Å². The van der Waals surface area contributed by atoms with Gasteiger partial charge in [0.15, 0.2) is 0 Å². The van der Waals surface area contributed by atoms with E-state index in [9.17, 15) is 27.8 Å². The van der Waals surface area contributed by atoms with E-state index in [4.69, 9.17) is 0 Å². The van der Waals surface area contributed by atoms with Crippen LogP contribution in [-0.4, -0.2) is 47.1 Å². The molecule has 1 aromatic carbocycles. The molecule has 1 aromatic heterocycles. The first kappa shape index (κ1) is 23.6. The number of benzene rings is 1. The average molecular weight is 446 g/mol. The molecule has 0 aliphatic carbocycles. The number of pyridine rings is 1. The van der Waals surface area contributed by atoms with Gasteiger partial charge in [0.25, 0.3) is 0 Å². The number of aliphatic hydroxyl groups is 2. The molecule has 0 fully saturated rings. The lowest BCUT2D eigenvalue weighted by atomic mass is 10.00. The number of aliphatic imine (C=N–C) groups is 1. The lowest BCUT2D eigenvalue weighted by Crippen LogP contribution is -2.07. The van der Waals surface area contributed by atoms with E-state index in [2.05, 4.69) is 26.0 Å². The maximum Gasteiger partial charge on any atom is 0.388 e. The van der Waals surface area contributed by atoms with E-state index in [1.54, 1.807) is 0 Å². The van der Waals surface area contributed by atoms with E-state index in [0.29, 0.717) is 5.04 Å². The molecule has 1 atom stereocenters. The van der Waals surface area contributed by atoms with Gasteiger partial charge in [-0.15, -0.1) is 0 Å². The zero-order valence-corrected chi connectivity index (χ0v) is 16.5. The van der Waals surface area contributed by atoms with Crippen molar-refractivity contribution in [2.45, 2.75) is 19.3 Å². The molecule has 0 spiro atoms. The predicted octanol–water partition coefficient (Wildman–Crippen LogP) is 4.25. The molecule has 30 heavy (non-hydrogen) atoms. The Hall–Kier alpha value is -2.63. The summed E-state index contributed by atoms with van der Waals surface area (Å²) in [7, 11) is 1.47. The summed E-state index contributed by atoms with van der Waals surface area (Å²) in [6, 6.07) is 6.45. The van der Waals surface area contributed by atoms with Crippen LogP contribution in [0.1, 0.15) is 11.7 Å². The van der Waals surface area contributed by atoms with Crippen molar-refractivity contribution >= 4 is 16.8 Å². The molecule has 11 heteroatoms. The topological polar surface area (TPSA) is 84.2 Å². The van der Waals surface area contributed by atoms with Gasteiger partial charge in [-0.2, -0.15) is 17.6 Å². The van der Waals surface area contributed by atoms with Crippen molar-refractivity contribution < 1.29 is 37.2 Å². The number of aliphatic hydroxyl groups excluding tert-OH is 2. The molecule has 2 rings (SSSR count). The summed E-state index contributed by atoms with van der Waals surface area (Å²) in [6.45, 7) is -2.84. The SMILES string of the molecule is C=C(SC(CO)=NC)C(O)c1ccc(OC(F)F)c(-c2ccnc(OC(F)F)c2)c1. The third-order valence-corrected chi connectivity index (χ3v) is 4.76. The Morgan fingerprint density at radius 3 is 2.47 bits per heavy atom. The first-order chi connectivity index (χ1) is 14.2. The van der Waals surface area contributed by atoms with Crippen LogP contribution >= 0.6 is 11.8 Å². The summed E-state index contributed by atoms with van der Waals surface area (Å²) in [6.07, 6.45) is -0.0706. The number of nitrogens with zero attached hydrogens (tertiary/aromatic N) is 2. The Morgan fingerprint density at radius 1 is 1.17 bits per heavy atom. The van der Waals surface area contributed by atoms with Gasteiger partial charge in [-0.3, -0.25) is 4.99 Å². The van der Waals surface area contributed by atoms with Gasteiger partial charge in [0.2, 0.25) is 5.88 Å². The van der Waals surface area contributed by atoms with Crippen LogP contribution in [0.25, 0.3) is 11.1 Å². The van der Waals surface area contributed by atoms with Crippen LogP contribution in [0.5, 0.6) is 11.6 Å². The minimum Gasteiger partial charge on any atom is -0.434 e. The summed E-state index contributed by atoms with van der Waals surface area (Å²) in [5.41, 5.74) is 0.568. The summed E-state index contributed by atoms with van der Waals surface area (Å²) in [5.74, 6) is -0.650. The van der Waals surface area contributed by atoms with E-state index in [0.717, 1.165) is 17.8 Å². The van der Waals surface area contributed by atoms with Crippen molar-refractivity contribution in [3.05, 3.63) is 53.6 Å². The number of ether oxygens (including phenoxy) is 2. The number of aromatic nitrogens is 1. The minimum absolute atomic E-state index is 0.0951. The van der Waals surface area contributed by atoms with Gasteiger partial charge in [-0.1, -0.05) is 24.4 Å². The monoisotopic (exact) mass is 446 g/mol. The first-order valence-electron chi connectivity index (χ1n) is 8.36. The van der Waals surface area contributed by atoms with Crippen LogP contribution in [0.4, 0.5) is 17.6 Å². The lowest BCUT2D eigenvalue weighted by molar-refractivity contribution is -0.0528. The quantitative estimate of drug-likeness (QED) is 0.340. The standard InChI is InChI=1S/C19H18F4N2O4S/c1-10(30-16(9-26)24-2)17(27)12-3-4-14(28-18(20)21)13(7-12)11-5-6-25-15(8-11)29-19(22)23/h3-8,17-19,26-27H,1,9H2,2H3. The molecule has 2 N–H and O–H groups in total. The summed E-state index contributed by atoms with van der Waals surface area (Å²) in [4.78, 5) is 7.71. The molecular formula is C19H18F4N2O4S. The third-order valence-electron chi connectivity index (χ3n) is 3.73. The second-order valence-electron chi connectivity index (χ2n) is 5.64. The first-order valence-corrected chi connectivity index (χ1v) is 9.18. The second kappa shape index (κ2) is 11.0.